The van der Waals surface area contributed by atoms with Gasteiger partial charge in [0.05, 0.1) is 0 Å². The Labute approximate surface area is 495 Å². The summed E-state index contributed by atoms with van der Waals surface area (Å²) < 4.78 is 17.0. The van der Waals surface area contributed by atoms with Crippen molar-refractivity contribution in [3.63, 3.8) is 0 Å². The Morgan fingerprint density at radius 3 is 0.775 bits per heavy atom. The van der Waals surface area contributed by atoms with Crippen molar-refractivity contribution >= 4 is 17.9 Å². The predicted molar refractivity (Wildman–Crippen MR) is 348 cm³/mol. The van der Waals surface area contributed by atoms with Crippen molar-refractivity contribution in [3.05, 3.63) is 109 Å². The van der Waals surface area contributed by atoms with E-state index in [1.807, 2.05) is 0 Å². The Hall–Kier alpha value is -3.93. The first-order valence-corrected chi connectivity index (χ1v) is 33.9. The van der Waals surface area contributed by atoms with Crippen LogP contribution in [0.3, 0.4) is 0 Å². The molecular weight excluding hydrogens is 985 g/mol. The van der Waals surface area contributed by atoms with Gasteiger partial charge in [-0.3, -0.25) is 14.4 Å². The van der Waals surface area contributed by atoms with E-state index in [1.54, 1.807) is 0 Å². The van der Waals surface area contributed by atoms with E-state index in [0.717, 1.165) is 122 Å². The molecular formula is C74H126O6. The molecule has 1 atom stereocenters. The molecule has 0 spiro atoms. The largest absolute Gasteiger partial charge is 0.462 e. The van der Waals surface area contributed by atoms with E-state index in [0.29, 0.717) is 19.3 Å². The number of carbonyl (C=O) groups excluding carboxylic acids is 3. The zero-order valence-electron chi connectivity index (χ0n) is 52.6. The summed E-state index contributed by atoms with van der Waals surface area (Å²) in [5.41, 5.74) is 0. The molecule has 0 rings (SSSR count). The number of hydrogen-bond donors (Lipinski definition) is 0. The Bertz CT molecular complexity index is 1610. The molecule has 0 aliphatic carbocycles. The van der Waals surface area contributed by atoms with Crippen molar-refractivity contribution in [1.82, 2.24) is 0 Å². The van der Waals surface area contributed by atoms with Crippen LogP contribution >= 0.6 is 0 Å². The van der Waals surface area contributed by atoms with Gasteiger partial charge in [-0.2, -0.15) is 0 Å². The lowest BCUT2D eigenvalue weighted by Crippen LogP contribution is -2.30. The minimum atomic E-state index is -0.796. The van der Waals surface area contributed by atoms with Crippen LogP contribution in [0.15, 0.2) is 109 Å². The van der Waals surface area contributed by atoms with Gasteiger partial charge in [0.2, 0.25) is 0 Å². The van der Waals surface area contributed by atoms with Crippen LogP contribution in [-0.4, -0.2) is 37.2 Å². The number of ether oxygens (including phenoxy) is 3. The Morgan fingerprint density at radius 2 is 0.487 bits per heavy atom. The zero-order valence-corrected chi connectivity index (χ0v) is 52.6. The monoisotopic (exact) mass is 1110 g/mol. The van der Waals surface area contributed by atoms with Crippen LogP contribution in [0.2, 0.25) is 0 Å². The molecule has 0 heterocycles. The number of unbranched alkanes of at least 4 members (excludes halogenated alkanes) is 32. The highest BCUT2D eigenvalue weighted by Crippen LogP contribution is 2.16. The molecule has 0 fully saturated rings. The van der Waals surface area contributed by atoms with Crippen molar-refractivity contribution in [2.24, 2.45) is 0 Å². The van der Waals surface area contributed by atoms with E-state index in [-0.39, 0.29) is 31.1 Å². The number of rotatable bonds is 61. The first kappa shape index (κ1) is 76.1. The van der Waals surface area contributed by atoms with Gasteiger partial charge < -0.3 is 14.2 Å². The van der Waals surface area contributed by atoms with E-state index >= 15 is 0 Å². The fraction of sp³-hybridized carbons (Fsp3) is 0.716. The highest BCUT2D eigenvalue weighted by atomic mass is 16.6. The Kier molecular flexibility index (Phi) is 64.3. The van der Waals surface area contributed by atoms with Gasteiger partial charge in [-0.1, -0.05) is 284 Å². The fourth-order valence-electron chi connectivity index (χ4n) is 9.41. The lowest BCUT2D eigenvalue weighted by atomic mass is 10.1. The molecule has 0 saturated heterocycles. The Balaban J connectivity index is 4.44. The van der Waals surface area contributed by atoms with Gasteiger partial charge in [0.1, 0.15) is 13.2 Å². The third-order valence-corrected chi connectivity index (χ3v) is 14.5. The molecule has 6 heteroatoms. The molecule has 0 N–H and O–H groups in total. The minimum Gasteiger partial charge on any atom is -0.462 e. The summed E-state index contributed by atoms with van der Waals surface area (Å²) in [6, 6.07) is 0. The normalized spacial score (nSPS) is 12.8. The van der Waals surface area contributed by atoms with Gasteiger partial charge in [-0.15, -0.1) is 0 Å². The molecule has 0 radical (unpaired) electrons. The molecule has 0 aliphatic rings. The quantitative estimate of drug-likeness (QED) is 0.0261. The predicted octanol–water partition coefficient (Wildman–Crippen LogP) is 23.4. The van der Waals surface area contributed by atoms with Gasteiger partial charge in [0, 0.05) is 19.3 Å². The van der Waals surface area contributed by atoms with Crippen molar-refractivity contribution in [1.29, 1.82) is 0 Å². The number of carbonyl (C=O) groups is 3. The molecule has 6 nitrogen and oxygen atoms in total. The fourth-order valence-corrected chi connectivity index (χ4v) is 9.41. The maximum absolute atomic E-state index is 12.9. The van der Waals surface area contributed by atoms with Gasteiger partial charge >= 0.3 is 17.9 Å². The topological polar surface area (TPSA) is 78.9 Å². The maximum Gasteiger partial charge on any atom is 0.306 e. The SMILES string of the molecule is CC/C=C\C/C=C\C/C=C\C/C=C\C/C=C\CCCCCCCCCC(=O)OCC(COC(=O)CCCCCCCCC/C=C\CCCCCCCCC)OC(=O)CCCCCCCC/C=C\C/C=C\C/C=C\CCCCCCC. The lowest BCUT2D eigenvalue weighted by molar-refractivity contribution is -0.167. The van der Waals surface area contributed by atoms with E-state index < -0.39 is 6.10 Å². The molecule has 0 amide bonds. The number of allylic oxidation sites excluding steroid dienone is 18. The van der Waals surface area contributed by atoms with Crippen molar-refractivity contribution in [2.45, 2.75) is 329 Å². The zero-order chi connectivity index (χ0) is 57.8. The summed E-state index contributed by atoms with van der Waals surface area (Å²) in [7, 11) is 0. The third-order valence-electron chi connectivity index (χ3n) is 14.5. The second-order valence-corrected chi connectivity index (χ2v) is 22.3. The van der Waals surface area contributed by atoms with E-state index in [4.69, 9.17) is 14.2 Å². The molecule has 80 heavy (non-hydrogen) atoms. The molecule has 458 valence electrons. The van der Waals surface area contributed by atoms with E-state index in [2.05, 4.69) is 130 Å². The Morgan fingerprint density at radius 1 is 0.263 bits per heavy atom. The summed E-state index contributed by atoms with van der Waals surface area (Å²) in [5, 5.41) is 0. The van der Waals surface area contributed by atoms with Gasteiger partial charge in [0.25, 0.3) is 0 Å². The summed E-state index contributed by atoms with van der Waals surface area (Å²) in [4.78, 5) is 38.4. The van der Waals surface area contributed by atoms with Crippen LogP contribution in [0.25, 0.3) is 0 Å². The minimum absolute atomic E-state index is 0.0895. The first-order chi connectivity index (χ1) is 39.5. The second kappa shape index (κ2) is 67.6. The van der Waals surface area contributed by atoms with Crippen molar-refractivity contribution in [2.75, 3.05) is 13.2 Å². The standard InChI is InChI=1S/C74H126O6/c1-4-7-10-13-16-19-22-25-28-31-34-36-37-39-40-43-46-49-52-55-58-61-64-67-73(76)79-70-71(69-78-72(75)66-63-60-57-54-51-48-45-42-33-30-27-24-21-18-15-12-9-6-3)80-74(77)68-65-62-59-56-53-50-47-44-41-38-35-32-29-26-23-20-17-14-11-8-5-2/h7,10,16,19,23,25-26,28,30,32-36,39-41,44,71H,4-6,8-9,11-15,17-18,20-22,24,27,29,31,37-38,42-43,45-70H2,1-3H3/b10-7-,19-16-,26-23-,28-25-,33-30-,35-32-,36-34-,40-39-,44-41-. The number of esters is 3. The summed E-state index contributed by atoms with van der Waals surface area (Å²) >= 11 is 0. The molecule has 0 aromatic heterocycles. The molecule has 0 saturated carbocycles. The van der Waals surface area contributed by atoms with Crippen LogP contribution < -0.4 is 0 Å². The molecule has 0 aromatic rings. The van der Waals surface area contributed by atoms with Crippen LogP contribution in [0.5, 0.6) is 0 Å². The molecule has 0 bridgehead atoms. The van der Waals surface area contributed by atoms with Gasteiger partial charge in [0.15, 0.2) is 6.10 Å². The average Bonchev–Trinajstić information content (AvgIpc) is 3.46. The highest BCUT2D eigenvalue weighted by molar-refractivity contribution is 5.71. The summed E-state index contributed by atoms with van der Waals surface area (Å²) in [6.07, 6.45) is 92.3. The maximum atomic E-state index is 12.9. The van der Waals surface area contributed by atoms with Crippen LogP contribution in [-0.2, 0) is 28.6 Å². The van der Waals surface area contributed by atoms with Crippen molar-refractivity contribution in [3.8, 4) is 0 Å². The second-order valence-electron chi connectivity index (χ2n) is 22.3. The number of hydrogen-bond acceptors (Lipinski definition) is 6. The highest BCUT2D eigenvalue weighted by Gasteiger charge is 2.19. The summed E-state index contributed by atoms with van der Waals surface area (Å²) in [5.74, 6) is -0.907. The van der Waals surface area contributed by atoms with E-state index in [1.165, 1.54) is 161 Å². The lowest BCUT2D eigenvalue weighted by Gasteiger charge is -2.18. The smallest absolute Gasteiger partial charge is 0.306 e. The molecule has 1 unspecified atom stereocenters. The molecule has 0 aromatic carbocycles. The van der Waals surface area contributed by atoms with Crippen LogP contribution in [0, 0.1) is 0 Å². The average molecular weight is 1110 g/mol. The van der Waals surface area contributed by atoms with Gasteiger partial charge in [-0.05, 0) is 128 Å². The van der Waals surface area contributed by atoms with E-state index in [9.17, 15) is 14.4 Å². The molecule has 0 aliphatic heterocycles. The third kappa shape index (κ3) is 64.9. The van der Waals surface area contributed by atoms with Crippen molar-refractivity contribution < 1.29 is 28.6 Å². The summed E-state index contributed by atoms with van der Waals surface area (Å²) in [6.45, 7) is 6.52. The van der Waals surface area contributed by atoms with Crippen LogP contribution in [0.4, 0.5) is 0 Å². The van der Waals surface area contributed by atoms with Crippen LogP contribution in [0.1, 0.15) is 323 Å². The van der Waals surface area contributed by atoms with Gasteiger partial charge in [-0.25, -0.2) is 0 Å². The first-order valence-electron chi connectivity index (χ1n) is 33.9.